The number of anilines is 2. The van der Waals surface area contributed by atoms with Crippen LogP contribution >= 0.6 is 0 Å². The summed E-state index contributed by atoms with van der Waals surface area (Å²) in [7, 11) is -3.35. The van der Waals surface area contributed by atoms with E-state index >= 15 is 0 Å². The fraction of sp³-hybridized carbons (Fsp3) is 0.0526. The van der Waals surface area contributed by atoms with Crippen molar-refractivity contribution in [2.45, 2.75) is 0 Å². The van der Waals surface area contributed by atoms with Crippen molar-refractivity contribution in [1.29, 1.82) is 0 Å². The molecule has 0 unspecified atom stereocenters. The van der Waals surface area contributed by atoms with Crippen molar-refractivity contribution >= 4 is 27.3 Å². The van der Waals surface area contributed by atoms with Gasteiger partial charge in [0.15, 0.2) is 0 Å². The van der Waals surface area contributed by atoms with Crippen LogP contribution in [0.5, 0.6) is 0 Å². The molecule has 0 saturated carbocycles. The third kappa shape index (κ3) is 4.67. The lowest BCUT2D eigenvalue weighted by atomic mass is 10.1. The zero-order valence-electron chi connectivity index (χ0n) is 14.0. The number of benzene rings is 2. The number of rotatable bonds is 5. The van der Waals surface area contributed by atoms with Crippen LogP contribution in [-0.2, 0) is 10.0 Å². The summed E-state index contributed by atoms with van der Waals surface area (Å²) in [5.41, 5.74) is 3.20. The van der Waals surface area contributed by atoms with Crippen LogP contribution < -0.4 is 10.0 Å². The highest BCUT2D eigenvalue weighted by atomic mass is 32.2. The van der Waals surface area contributed by atoms with Crippen molar-refractivity contribution < 1.29 is 13.2 Å². The number of amides is 1. The van der Waals surface area contributed by atoms with Crippen molar-refractivity contribution in [1.82, 2.24) is 4.98 Å². The number of hydrogen-bond acceptors (Lipinski definition) is 4. The number of nitrogens with zero attached hydrogens (tertiary/aromatic N) is 1. The molecular formula is C19H17N3O3S. The highest BCUT2D eigenvalue weighted by Gasteiger charge is 2.08. The second-order valence-corrected chi connectivity index (χ2v) is 7.45. The summed E-state index contributed by atoms with van der Waals surface area (Å²) < 4.78 is 24.8. The molecule has 6 nitrogen and oxygen atoms in total. The van der Waals surface area contributed by atoms with E-state index in [1.54, 1.807) is 36.5 Å². The first-order valence-electron chi connectivity index (χ1n) is 7.81. The molecule has 2 N–H and O–H groups in total. The van der Waals surface area contributed by atoms with Crippen molar-refractivity contribution in [2.75, 3.05) is 16.3 Å². The Balaban J connectivity index is 1.74. The van der Waals surface area contributed by atoms with Gasteiger partial charge in [-0.05, 0) is 48.5 Å². The second-order valence-electron chi connectivity index (χ2n) is 5.70. The van der Waals surface area contributed by atoms with Gasteiger partial charge in [-0.1, -0.05) is 18.2 Å². The zero-order chi connectivity index (χ0) is 18.6. The molecule has 1 heterocycles. The quantitative estimate of drug-likeness (QED) is 0.724. The predicted molar refractivity (Wildman–Crippen MR) is 103 cm³/mol. The van der Waals surface area contributed by atoms with Crippen molar-refractivity contribution in [3.8, 4) is 11.3 Å². The summed E-state index contributed by atoms with van der Waals surface area (Å²) >= 11 is 0. The molecule has 0 atom stereocenters. The van der Waals surface area contributed by atoms with Gasteiger partial charge in [-0.3, -0.25) is 14.5 Å². The average molecular weight is 367 g/mol. The van der Waals surface area contributed by atoms with Gasteiger partial charge in [0.25, 0.3) is 5.91 Å². The van der Waals surface area contributed by atoms with E-state index in [1.165, 1.54) is 0 Å². The molecule has 0 aliphatic heterocycles. The maximum atomic E-state index is 12.4. The van der Waals surface area contributed by atoms with Crippen LogP contribution in [0.15, 0.2) is 72.9 Å². The molecule has 0 aliphatic rings. The van der Waals surface area contributed by atoms with Gasteiger partial charge >= 0.3 is 0 Å². The fourth-order valence-corrected chi connectivity index (χ4v) is 2.96. The molecular weight excluding hydrogens is 350 g/mol. The van der Waals surface area contributed by atoms with E-state index in [2.05, 4.69) is 15.0 Å². The minimum atomic E-state index is -3.35. The SMILES string of the molecule is CS(=O)(=O)Nc1ccc(C(=O)Nc2cccc(-c3ccccn3)c2)cc1. The van der Waals surface area contributed by atoms with E-state index in [1.807, 2.05) is 36.4 Å². The number of hydrogen-bond donors (Lipinski definition) is 2. The number of aromatic nitrogens is 1. The van der Waals surface area contributed by atoms with Gasteiger partial charge in [0.05, 0.1) is 11.9 Å². The Morgan fingerprint density at radius 3 is 2.35 bits per heavy atom. The largest absolute Gasteiger partial charge is 0.322 e. The van der Waals surface area contributed by atoms with Crippen LogP contribution in [0, 0.1) is 0 Å². The Labute approximate surface area is 152 Å². The third-order valence-corrected chi connectivity index (χ3v) is 4.14. The van der Waals surface area contributed by atoms with E-state index < -0.39 is 10.0 Å². The molecule has 3 rings (SSSR count). The van der Waals surface area contributed by atoms with E-state index in [0.717, 1.165) is 17.5 Å². The van der Waals surface area contributed by atoms with Crippen LogP contribution in [0.1, 0.15) is 10.4 Å². The first-order chi connectivity index (χ1) is 12.4. The maximum absolute atomic E-state index is 12.4. The number of nitrogens with one attached hydrogen (secondary N) is 2. The molecule has 2 aromatic carbocycles. The Morgan fingerprint density at radius 1 is 0.923 bits per heavy atom. The van der Waals surface area contributed by atoms with E-state index in [4.69, 9.17) is 0 Å². The molecule has 0 fully saturated rings. The molecule has 1 amide bonds. The topological polar surface area (TPSA) is 88.2 Å². The highest BCUT2D eigenvalue weighted by molar-refractivity contribution is 7.92. The summed E-state index contributed by atoms with van der Waals surface area (Å²) in [6.45, 7) is 0. The summed E-state index contributed by atoms with van der Waals surface area (Å²) in [5.74, 6) is -0.283. The standard InChI is InChI=1S/C19H17N3O3S/c1-26(24,25)22-16-10-8-14(9-11-16)19(23)21-17-6-4-5-15(13-17)18-7-2-3-12-20-18/h2-13,22H,1H3,(H,21,23). The third-order valence-electron chi connectivity index (χ3n) is 3.53. The first kappa shape index (κ1) is 17.6. The lowest BCUT2D eigenvalue weighted by molar-refractivity contribution is 0.102. The van der Waals surface area contributed by atoms with Gasteiger partial charge in [0.2, 0.25) is 10.0 Å². The maximum Gasteiger partial charge on any atom is 0.255 e. The van der Waals surface area contributed by atoms with Gasteiger partial charge in [-0.2, -0.15) is 0 Å². The molecule has 132 valence electrons. The van der Waals surface area contributed by atoms with Crippen LogP contribution in [0.25, 0.3) is 11.3 Å². The number of carbonyl (C=O) groups excluding carboxylic acids is 1. The molecule has 0 spiro atoms. The second kappa shape index (κ2) is 7.37. The number of pyridine rings is 1. The zero-order valence-corrected chi connectivity index (χ0v) is 14.8. The van der Waals surface area contributed by atoms with Crippen molar-refractivity contribution in [3.63, 3.8) is 0 Å². The Morgan fingerprint density at radius 2 is 1.69 bits per heavy atom. The lowest BCUT2D eigenvalue weighted by Gasteiger charge is -2.08. The van der Waals surface area contributed by atoms with Crippen molar-refractivity contribution in [2.24, 2.45) is 0 Å². The highest BCUT2D eigenvalue weighted by Crippen LogP contribution is 2.21. The Hall–Kier alpha value is -3.19. The molecule has 0 bridgehead atoms. The van der Waals surface area contributed by atoms with E-state index in [-0.39, 0.29) is 5.91 Å². The summed E-state index contributed by atoms with van der Waals surface area (Å²) in [6.07, 6.45) is 2.79. The molecule has 1 aromatic heterocycles. The molecule has 26 heavy (non-hydrogen) atoms. The number of carbonyl (C=O) groups is 1. The minimum absolute atomic E-state index is 0.283. The monoisotopic (exact) mass is 367 g/mol. The normalized spacial score (nSPS) is 11.0. The van der Waals surface area contributed by atoms with E-state index in [9.17, 15) is 13.2 Å². The average Bonchev–Trinajstić information content (AvgIpc) is 2.62. The number of sulfonamides is 1. The van der Waals surface area contributed by atoms with Gasteiger partial charge in [0, 0.05) is 28.7 Å². The predicted octanol–water partition coefficient (Wildman–Crippen LogP) is 3.37. The lowest BCUT2D eigenvalue weighted by Crippen LogP contribution is -2.13. The van der Waals surface area contributed by atoms with Crippen LogP contribution in [0.4, 0.5) is 11.4 Å². The first-order valence-corrected chi connectivity index (χ1v) is 9.70. The molecule has 0 saturated heterocycles. The molecule has 7 heteroatoms. The fourth-order valence-electron chi connectivity index (χ4n) is 2.40. The Kier molecular flexibility index (Phi) is 4.99. The molecule has 0 radical (unpaired) electrons. The smallest absolute Gasteiger partial charge is 0.255 e. The van der Waals surface area contributed by atoms with Crippen LogP contribution in [0.3, 0.4) is 0 Å². The minimum Gasteiger partial charge on any atom is -0.322 e. The summed E-state index contributed by atoms with van der Waals surface area (Å²) in [5, 5.41) is 2.83. The van der Waals surface area contributed by atoms with Gasteiger partial charge in [-0.15, -0.1) is 0 Å². The van der Waals surface area contributed by atoms with Crippen LogP contribution in [0.2, 0.25) is 0 Å². The van der Waals surface area contributed by atoms with Crippen LogP contribution in [-0.4, -0.2) is 25.6 Å². The van der Waals surface area contributed by atoms with Gasteiger partial charge < -0.3 is 5.32 Å². The molecule has 3 aromatic rings. The van der Waals surface area contributed by atoms with Gasteiger partial charge in [-0.25, -0.2) is 8.42 Å². The summed E-state index contributed by atoms with van der Waals surface area (Å²) in [4.78, 5) is 16.7. The Bertz CT molecular complexity index is 1020. The van der Waals surface area contributed by atoms with Gasteiger partial charge in [0.1, 0.15) is 0 Å². The van der Waals surface area contributed by atoms with Crippen molar-refractivity contribution in [3.05, 3.63) is 78.5 Å². The van der Waals surface area contributed by atoms with E-state index in [0.29, 0.717) is 16.9 Å². The summed E-state index contributed by atoms with van der Waals surface area (Å²) in [6, 6.07) is 19.3. The molecule has 0 aliphatic carbocycles.